The molecule has 3 rings (SSSR count). The van der Waals surface area contributed by atoms with Crippen LogP contribution in [0.1, 0.15) is 5.56 Å². The highest BCUT2D eigenvalue weighted by atomic mass is 35.5. The first-order chi connectivity index (χ1) is 13.1. The van der Waals surface area contributed by atoms with Gasteiger partial charge in [-0.1, -0.05) is 35.9 Å². The fraction of sp³-hybridized carbons (Fsp3) is 0.381. The SMILES string of the molecule is COc1ccccc1N1CCN(CC(=O)N(C)Cc2ccc(Cl)cc2)CC1. The van der Waals surface area contributed by atoms with Gasteiger partial charge in [-0.3, -0.25) is 9.69 Å². The monoisotopic (exact) mass is 387 g/mol. The summed E-state index contributed by atoms with van der Waals surface area (Å²) in [5, 5.41) is 0.709. The predicted molar refractivity (Wildman–Crippen MR) is 110 cm³/mol. The summed E-state index contributed by atoms with van der Waals surface area (Å²) < 4.78 is 5.46. The second kappa shape index (κ2) is 9.11. The average Bonchev–Trinajstić information content (AvgIpc) is 2.70. The lowest BCUT2D eigenvalue weighted by Crippen LogP contribution is -2.49. The number of carbonyl (C=O) groups excluding carboxylic acids is 1. The van der Waals surface area contributed by atoms with Gasteiger partial charge in [-0.15, -0.1) is 0 Å². The van der Waals surface area contributed by atoms with Gasteiger partial charge in [0.1, 0.15) is 5.75 Å². The van der Waals surface area contributed by atoms with Crippen molar-refractivity contribution in [2.45, 2.75) is 6.54 Å². The normalized spacial score (nSPS) is 14.9. The number of rotatable bonds is 6. The number of anilines is 1. The average molecular weight is 388 g/mol. The van der Waals surface area contributed by atoms with Gasteiger partial charge in [0, 0.05) is 44.8 Å². The Morgan fingerprint density at radius 3 is 2.41 bits per heavy atom. The van der Waals surface area contributed by atoms with Crippen LogP contribution in [0.25, 0.3) is 0 Å². The number of hydrogen-bond donors (Lipinski definition) is 0. The summed E-state index contributed by atoms with van der Waals surface area (Å²) in [5.41, 5.74) is 2.20. The molecule has 0 aliphatic carbocycles. The largest absolute Gasteiger partial charge is 0.495 e. The third kappa shape index (κ3) is 5.15. The highest BCUT2D eigenvalue weighted by Gasteiger charge is 2.22. The van der Waals surface area contributed by atoms with Gasteiger partial charge in [-0.2, -0.15) is 0 Å². The molecule has 0 spiro atoms. The molecule has 0 saturated carbocycles. The van der Waals surface area contributed by atoms with E-state index in [0.29, 0.717) is 18.1 Å². The Morgan fingerprint density at radius 2 is 1.74 bits per heavy atom. The number of nitrogens with zero attached hydrogens (tertiary/aromatic N) is 3. The second-order valence-corrected chi connectivity index (χ2v) is 7.25. The molecule has 1 saturated heterocycles. The van der Waals surface area contributed by atoms with E-state index in [1.54, 1.807) is 12.0 Å². The minimum Gasteiger partial charge on any atom is -0.495 e. The molecule has 2 aromatic rings. The maximum atomic E-state index is 12.6. The van der Waals surface area contributed by atoms with E-state index in [0.717, 1.165) is 43.2 Å². The Kier molecular flexibility index (Phi) is 6.58. The van der Waals surface area contributed by atoms with Gasteiger partial charge in [0.25, 0.3) is 0 Å². The number of amides is 1. The van der Waals surface area contributed by atoms with Crippen molar-refractivity contribution in [3.8, 4) is 5.75 Å². The zero-order chi connectivity index (χ0) is 19.2. The number of halogens is 1. The van der Waals surface area contributed by atoms with Gasteiger partial charge in [-0.25, -0.2) is 0 Å². The summed E-state index contributed by atoms with van der Waals surface area (Å²) in [6, 6.07) is 15.7. The Hall–Kier alpha value is -2.24. The number of ether oxygens (including phenoxy) is 1. The van der Waals surface area contributed by atoms with Crippen molar-refractivity contribution in [2.75, 3.05) is 51.8 Å². The molecule has 1 aliphatic rings. The maximum absolute atomic E-state index is 12.6. The van der Waals surface area contributed by atoms with Gasteiger partial charge >= 0.3 is 0 Å². The highest BCUT2D eigenvalue weighted by molar-refractivity contribution is 6.30. The summed E-state index contributed by atoms with van der Waals surface area (Å²) in [6.07, 6.45) is 0. The fourth-order valence-electron chi connectivity index (χ4n) is 3.30. The Labute approximate surface area is 166 Å². The molecule has 27 heavy (non-hydrogen) atoms. The number of para-hydroxylation sites is 2. The summed E-state index contributed by atoms with van der Waals surface area (Å²) in [4.78, 5) is 18.9. The van der Waals surface area contributed by atoms with Crippen LogP contribution < -0.4 is 9.64 Å². The molecule has 1 heterocycles. The molecule has 0 N–H and O–H groups in total. The summed E-state index contributed by atoms with van der Waals surface area (Å²) in [7, 11) is 3.55. The number of carbonyl (C=O) groups is 1. The van der Waals surface area contributed by atoms with Crippen LogP contribution >= 0.6 is 11.6 Å². The van der Waals surface area contributed by atoms with Crippen LogP contribution in [0.15, 0.2) is 48.5 Å². The molecule has 0 atom stereocenters. The molecular weight excluding hydrogens is 362 g/mol. The van der Waals surface area contributed by atoms with Crippen LogP contribution in [0.3, 0.4) is 0 Å². The Balaban J connectivity index is 1.49. The fourth-order valence-corrected chi connectivity index (χ4v) is 3.43. The Bertz CT molecular complexity index is 758. The van der Waals surface area contributed by atoms with E-state index >= 15 is 0 Å². The Morgan fingerprint density at radius 1 is 1.07 bits per heavy atom. The lowest BCUT2D eigenvalue weighted by molar-refractivity contribution is -0.131. The molecule has 6 heteroatoms. The number of methoxy groups -OCH3 is 1. The first-order valence-electron chi connectivity index (χ1n) is 9.15. The standard InChI is InChI=1S/C21H26ClN3O2/c1-23(15-17-7-9-18(22)10-8-17)21(26)16-24-11-13-25(14-12-24)19-5-3-4-6-20(19)27-2/h3-10H,11-16H2,1-2H3. The van der Waals surface area contributed by atoms with Crippen molar-refractivity contribution < 1.29 is 9.53 Å². The van der Waals surface area contributed by atoms with Gasteiger partial charge in [-0.05, 0) is 29.8 Å². The first kappa shape index (κ1) is 19.5. The summed E-state index contributed by atoms with van der Waals surface area (Å²) in [5.74, 6) is 1.03. The lowest BCUT2D eigenvalue weighted by atomic mass is 10.2. The van der Waals surface area contributed by atoms with Crippen LogP contribution in [0.2, 0.25) is 5.02 Å². The zero-order valence-electron chi connectivity index (χ0n) is 15.9. The highest BCUT2D eigenvalue weighted by Crippen LogP contribution is 2.28. The van der Waals surface area contributed by atoms with Crippen molar-refractivity contribution in [2.24, 2.45) is 0 Å². The molecule has 1 fully saturated rings. The second-order valence-electron chi connectivity index (χ2n) is 6.81. The molecule has 0 unspecified atom stereocenters. The number of piperazine rings is 1. The van der Waals surface area contributed by atoms with Crippen LogP contribution in [-0.4, -0.2) is 62.6 Å². The molecule has 5 nitrogen and oxygen atoms in total. The van der Waals surface area contributed by atoms with Gasteiger partial charge in [0.05, 0.1) is 19.3 Å². The summed E-state index contributed by atoms with van der Waals surface area (Å²) >= 11 is 5.92. The summed E-state index contributed by atoms with van der Waals surface area (Å²) in [6.45, 7) is 4.53. The van der Waals surface area contributed by atoms with E-state index < -0.39 is 0 Å². The molecule has 1 amide bonds. The molecule has 2 aromatic carbocycles. The topological polar surface area (TPSA) is 36.0 Å². The zero-order valence-corrected chi connectivity index (χ0v) is 16.7. The van der Waals surface area contributed by atoms with E-state index in [1.807, 2.05) is 49.5 Å². The van der Waals surface area contributed by atoms with Crippen LogP contribution in [0, 0.1) is 0 Å². The van der Waals surface area contributed by atoms with E-state index in [1.165, 1.54) is 0 Å². The van der Waals surface area contributed by atoms with Crippen LogP contribution in [0.5, 0.6) is 5.75 Å². The molecule has 144 valence electrons. The van der Waals surface area contributed by atoms with Crippen LogP contribution in [0.4, 0.5) is 5.69 Å². The number of hydrogen-bond acceptors (Lipinski definition) is 4. The van der Waals surface area contributed by atoms with Crippen molar-refractivity contribution in [1.82, 2.24) is 9.80 Å². The van der Waals surface area contributed by atoms with Crippen LogP contribution in [-0.2, 0) is 11.3 Å². The molecule has 0 radical (unpaired) electrons. The van der Waals surface area contributed by atoms with Crippen molar-refractivity contribution in [1.29, 1.82) is 0 Å². The smallest absolute Gasteiger partial charge is 0.236 e. The van der Waals surface area contributed by atoms with Crippen molar-refractivity contribution in [3.63, 3.8) is 0 Å². The molecule has 0 bridgehead atoms. The molecule has 0 aromatic heterocycles. The third-order valence-electron chi connectivity index (χ3n) is 4.92. The van der Waals surface area contributed by atoms with Gasteiger partial charge in [0.2, 0.25) is 5.91 Å². The van der Waals surface area contributed by atoms with Crippen molar-refractivity contribution >= 4 is 23.2 Å². The minimum absolute atomic E-state index is 0.135. The van der Waals surface area contributed by atoms with Gasteiger partial charge < -0.3 is 14.5 Å². The minimum atomic E-state index is 0.135. The van der Waals surface area contributed by atoms with E-state index in [2.05, 4.69) is 15.9 Å². The van der Waals surface area contributed by atoms with Gasteiger partial charge in [0.15, 0.2) is 0 Å². The van der Waals surface area contributed by atoms with E-state index in [9.17, 15) is 4.79 Å². The number of likely N-dealkylation sites (N-methyl/N-ethyl adjacent to an activating group) is 1. The van der Waals surface area contributed by atoms with E-state index in [-0.39, 0.29) is 5.91 Å². The van der Waals surface area contributed by atoms with E-state index in [4.69, 9.17) is 16.3 Å². The van der Waals surface area contributed by atoms with Crippen molar-refractivity contribution in [3.05, 3.63) is 59.1 Å². The maximum Gasteiger partial charge on any atom is 0.236 e. The lowest BCUT2D eigenvalue weighted by Gasteiger charge is -2.36. The molecule has 1 aliphatic heterocycles. The third-order valence-corrected chi connectivity index (χ3v) is 5.17. The molecular formula is C21H26ClN3O2. The quantitative estimate of drug-likeness (QED) is 0.763. The first-order valence-corrected chi connectivity index (χ1v) is 9.53. The number of benzene rings is 2. The predicted octanol–water partition coefficient (Wildman–Crippen LogP) is 3.13.